The predicted molar refractivity (Wildman–Crippen MR) is 115 cm³/mol. The summed E-state index contributed by atoms with van der Waals surface area (Å²) >= 11 is 0. The first-order valence-electron chi connectivity index (χ1n) is 9.97. The van der Waals surface area contributed by atoms with Crippen LogP contribution in [0.4, 0.5) is 11.5 Å². The van der Waals surface area contributed by atoms with Crippen molar-refractivity contribution in [2.45, 2.75) is 6.92 Å². The molecule has 0 saturated carbocycles. The summed E-state index contributed by atoms with van der Waals surface area (Å²) in [5, 5.41) is 11.8. The van der Waals surface area contributed by atoms with Gasteiger partial charge in [-0.15, -0.1) is 10.2 Å². The minimum absolute atomic E-state index is 0.103. The number of nitrogens with zero attached hydrogens (tertiary/aromatic N) is 3. The van der Waals surface area contributed by atoms with Crippen molar-refractivity contribution in [2.24, 2.45) is 0 Å². The van der Waals surface area contributed by atoms with Crippen LogP contribution in [0.3, 0.4) is 0 Å². The number of carbonyl (C=O) groups excluding carboxylic acids is 1. The molecule has 0 unspecified atom stereocenters. The molecular weight excluding hydrogens is 362 g/mol. The van der Waals surface area contributed by atoms with Gasteiger partial charge in [0.15, 0.2) is 5.82 Å². The largest absolute Gasteiger partial charge is 0.344 e. The highest BCUT2D eigenvalue weighted by atomic mass is 16.1. The van der Waals surface area contributed by atoms with Gasteiger partial charge in [-0.3, -0.25) is 4.79 Å². The van der Waals surface area contributed by atoms with Crippen molar-refractivity contribution >= 4 is 17.4 Å². The van der Waals surface area contributed by atoms with E-state index in [9.17, 15) is 4.79 Å². The summed E-state index contributed by atoms with van der Waals surface area (Å²) < 4.78 is 0. The highest BCUT2D eigenvalue weighted by Gasteiger charge is 2.18. The second kappa shape index (κ2) is 8.41. The summed E-state index contributed by atoms with van der Waals surface area (Å²) in [7, 11) is 2.22. The third kappa shape index (κ3) is 4.43. The molecule has 1 fully saturated rings. The SMILES string of the molecule is Cc1ccccc1C(=O)Nc1ccc(-c2ccc(N3CC[NH+](C)CC3)nn2)cc1. The second-order valence-corrected chi connectivity index (χ2v) is 7.57. The maximum Gasteiger partial charge on any atom is 0.255 e. The third-order valence-corrected chi connectivity index (χ3v) is 5.42. The molecule has 6 heteroatoms. The molecule has 0 spiro atoms. The Bertz CT molecular complexity index is 977. The Morgan fingerprint density at radius 1 is 0.966 bits per heavy atom. The van der Waals surface area contributed by atoms with Gasteiger partial charge in [0.2, 0.25) is 0 Å². The highest BCUT2D eigenvalue weighted by Crippen LogP contribution is 2.21. The average molecular weight is 388 g/mol. The number of hydrogen-bond donors (Lipinski definition) is 2. The van der Waals surface area contributed by atoms with Crippen LogP contribution in [0.1, 0.15) is 15.9 Å². The summed E-state index contributed by atoms with van der Waals surface area (Å²) in [5.74, 6) is 0.831. The number of benzene rings is 2. The number of carbonyl (C=O) groups is 1. The van der Waals surface area contributed by atoms with E-state index in [2.05, 4.69) is 27.5 Å². The molecule has 1 aliphatic heterocycles. The first kappa shape index (κ1) is 19.1. The van der Waals surface area contributed by atoms with Crippen LogP contribution in [-0.2, 0) is 0 Å². The third-order valence-electron chi connectivity index (χ3n) is 5.42. The van der Waals surface area contributed by atoms with Gasteiger partial charge in [-0.25, -0.2) is 0 Å². The Kier molecular flexibility index (Phi) is 5.53. The van der Waals surface area contributed by atoms with Crippen molar-refractivity contribution in [3.63, 3.8) is 0 Å². The van der Waals surface area contributed by atoms with E-state index in [-0.39, 0.29) is 5.91 Å². The van der Waals surface area contributed by atoms with Gasteiger partial charge in [0, 0.05) is 16.8 Å². The predicted octanol–water partition coefficient (Wildman–Crippen LogP) is 2.04. The molecule has 0 atom stereocenters. The van der Waals surface area contributed by atoms with E-state index < -0.39 is 0 Å². The molecule has 1 aliphatic rings. The molecule has 1 amide bonds. The number of quaternary nitrogens is 1. The van der Waals surface area contributed by atoms with Crippen molar-refractivity contribution < 1.29 is 9.69 Å². The fraction of sp³-hybridized carbons (Fsp3) is 0.261. The van der Waals surface area contributed by atoms with Gasteiger partial charge < -0.3 is 15.1 Å². The summed E-state index contributed by atoms with van der Waals surface area (Å²) in [4.78, 5) is 16.3. The van der Waals surface area contributed by atoms with Crippen LogP contribution in [0, 0.1) is 6.92 Å². The summed E-state index contributed by atoms with van der Waals surface area (Å²) in [5.41, 5.74) is 4.19. The van der Waals surface area contributed by atoms with Gasteiger partial charge in [0.1, 0.15) is 0 Å². The summed E-state index contributed by atoms with van der Waals surface area (Å²) in [6, 6.07) is 19.3. The van der Waals surface area contributed by atoms with Gasteiger partial charge in [-0.2, -0.15) is 0 Å². The Labute approximate surface area is 171 Å². The zero-order chi connectivity index (χ0) is 20.2. The van der Waals surface area contributed by atoms with Gasteiger partial charge in [-0.05, 0) is 42.8 Å². The van der Waals surface area contributed by atoms with Crippen molar-refractivity contribution in [3.8, 4) is 11.3 Å². The van der Waals surface area contributed by atoms with Gasteiger partial charge >= 0.3 is 0 Å². The number of rotatable bonds is 4. The normalized spacial score (nSPS) is 14.6. The zero-order valence-corrected chi connectivity index (χ0v) is 16.9. The van der Waals surface area contributed by atoms with E-state index in [1.54, 1.807) is 4.90 Å². The van der Waals surface area contributed by atoms with Crippen LogP contribution in [-0.4, -0.2) is 49.3 Å². The summed E-state index contributed by atoms with van der Waals surface area (Å²) in [6.45, 7) is 6.20. The fourth-order valence-electron chi connectivity index (χ4n) is 3.52. The van der Waals surface area contributed by atoms with Crippen LogP contribution in [0.15, 0.2) is 60.7 Å². The lowest BCUT2D eigenvalue weighted by Crippen LogP contribution is -3.12. The molecule has 2 aromatic carbocycles. The lowest BCUT2D eigenvalue weighted by Gasteiger charge is -2.30. The van der Waals surface area contributed by atoms with E-state index in [1.165, 1.54) is 0 Å². The Balaban J connectivity index is 1.42. The topological polar surface area (TPSA) is 62.6 Å². The number of aromatic nitrogens is 2. The van der Waals surface area contributed by atoms with Crippen molar-refractivity contribution in [2.75, 3.05) is 43.4 Å². The van der Waals surface area contributed by atoms with Crippen LogP contribution in [0.5, 0.6) is 0 Å². The molecule has 0 radical (unpaired) electrons. The van der Waals surface area contributed by atoms with E-state index in [4.69, 9.17) is 0 Å². The van der Waals surface area contributed by atoms with Gasteiger partial charge in [0.05, 0.1) is 38.9 Å². The fourth-order valence-corrected chi connectivity index (χ4v) is 3.52. The molecule has 6 nitrogen and oxygen atoms in total. The van der Waals surface area contributed by atoms with E-state index >= 15 is 0 Å². The first-order valence-corrected chi connectivity index (χ1v) is 9.97. The second-order valence-electron chi connectivity index (χ2n) is 7.57. The minimum atomic E-state index is -0.103. The average Bonchev–Trinajstić information content (AvgIpc) is 2.75. The maximum absolute atomic E-state index is 12.5. The van der Waals surface area contributed by atoms with Crippen molar-refractivity contribution in [3.05, 3.63) is 71.8 Å². The molecule has 1 aromatic heterocycles. The number of hydrogen-bond acceptors (Lipinski definition) is 4. The zero-order valence-electron chi connectivity index (χ0n) is 16.9. The van der Waals surface area contributed by atoms with Crippen LogP contribution >= 0.6 is 0 Å². The molecule has 4 rings (SSSR count). The van der Waals surface area contributed by atoms with Crippen molar-refractivity contribution in [1.29, 1.82) is 0 Å². The molecule has 1 saturated heterocycles. The molecule has 2 N–H and O–H groups in total. The first-order chi connectivity index (χ1) is 14.1. The lowest BCUT2D eigenvalue weighted by molar-refractivity contribution is -0.880. The number of piperazine rings is 1. The smallest absolute Gasteiger partial charge is 0.255 e. The molecular formula is C23H26N5O+. The number of likely N-dealkylation sites (N-methyl/N-ethyl adjacent to an activating group) is 1. The molecule has 0 bridgehead atoms. The van der Waals surface area contributed by atoms with Gasteiger partial charge in [0.25, 0.3) is 5.91 Å². The van der Waals surface area contributed by atoms with Crippen LogP contribution < -0.4 is 15.1 Å². The standard InChI is InChI=1S/C23H25N5O/c1-17-5-3-4-6-20(17)23(29)24-19-9-7-18(8-10-19)21-11-12-22(26-25-21)28-15-13-27(2)14-16-28/h3-12H,13-16H2,1-2H3,(H,24,29)/p+1. The van der Waals surface area contributed by atoms with E-state index in [0.29, 0.717) is 5.56 Å². The Morgan fingerprint density at radius 3 is 2.34 bits per heavy atom. The van der Waals surface area contributed by atoms with Crippen LogP contribution in [0.25, 0.3) is 11.3 Å². The van der Waals surface area contributed by atoms with Gasteiger partial charge in [-0.1, -0.05) is 30.3 Å². The molecule has 148 valence electrons. The monoisotopic (exact) mass is 388 g/mol. The number of anilines is 2. The molecule has 2 heterocycles. The Hall–Kier alpha value is -3.25. The molecule has 0 aliphatic carbocycles. The number of aryl methyl sites for hydroxylation is 1. The highest BCUT2D eigenvalue weighted by molar-refractivity contribution is 6.05. The number of amides is 1. The Morgan fingerprint density at radius 2 is 1.69 bits per heavy atom. The van der Waals surface area contributed by atoms with E-state index in [1.807, 2.05) is 67.6 Å². The molecule has 3 aromatic rings. The van der Waals surface area contributed by atoms with Crippen LogP contribution in [0.2, 0.25) is 0 Å². The number of nitrogens with one attached hydrogen (secondary N) is 2. The summed E-state index contributed by atoms with van der Waals surface area (Å²) in [6.07, 6.45) is 0. The molecule has 29 heavy (non-hydrogen) atoms. The maximum atomic E-state index is 12.5. The van der Waals surface area contributed by atoms with E-state index in [0.717, 1.165) is 54.5 Å². The van der Waals surface area contributed by atoms with Crippen molar-refractivity contribution in [1.82, 2.24) is 10.2 Å². The minimum Gasteiger partial charge on any atom is -0.344 e. The quantitative estimate of drug-likeness (QED) is 0.718. The lowest BCUT2D eigenvalue weighted by atomic mass is 10.1.